The van der Waals surface area contributed by atoms with Crippen molar-refractivity contribution in [3.8, 4) is 17.0 Å². The van der Waals surface area contributed by atoms with Crippen molar-refractivity contribution in [2.75, 3.05) is 25.1 Å². The van der Waals surface area contributed by atoms with Gasteiger partial charge in [-0.1, -0.05) is 20.8 Å². The molecule has 28 heavy (non-hydrogen) atoms. The van der Waals surface area contributed by atoms with Crippen LogP contribution in [-0.4, -0.2) is 34.6 Å². The minimum atomic E-state index is 0.800. The van der Waals surface area contributed by atoms with Crippen LogP contribution in [0, 0.1) is 6.92 Å². The zero-order chi connectivity index (χ0) is 20.3. The highest BCUT2D eigenvalue weighted by Crippen LogP contribution is 2.39. The van der Waals surface area contributed by atoms with Crippen LogP contribution in [-0.2, 0) is 6.42 Å². The minimum Gasteiger partial charge on any atom is -0.496 e. The first-order valence-electron chi connectivity index (χ1n) is 10.0. The van der Waals surface area contributed by atoms with Gasteiger partial charge in [-0.3, -0.25) is 9.38 Å². The molecule has 0 aliphatic carbocycles. The Bertz CT molecular complexity index is 961. The lowest BCUT2D eigenvalue weighted by Crippen LogP contribution is -2.27. The Hall–Kier alpha value is -2.08. The lowest BCUT2D eigenvalue weighted by molar-refractivity contribution is 0.415. The molecule has 5 nitrogen and oxygen atoms in total. The third-order valence-electron chi connectivity index (χ3n) is 4.86. The molecule has 0 unspecified atom stereocenters. The van der Waals surface area contributed by atoms with E-state index in [1.54, 1.807) is 7.11 Å². The van der Waals surface area contributed by atoms with Gasteiger partial charge in [0.15, 0.2) is 5.65 Å². The Balaban J connectivity index is 2.29. The van der Waals surface area contributed by atoms with Gasteiger partial charge in [0.05, 0.1) is 18.4 Å². The first kappa shape index (κ1) is 20.6. The topological polar surface area (TPSA) is 42.7 Å². The number of aromatic nitrogens is 3. The van der Waals surface area contributed by atoms with Gasteiger partial charge in [0, 0.05) is 30.0 Å². The monoisotopic (exact) mass is 444 g/mol. The number of imidazole rings is 1. The molecule has 0 bridgehead atoms. The highest BCUT2D eigenvalue weighted by molar-refractivity contribution is 9.10. The molecule has 2 aromatic heterocycles. The number of hydrogen-bond donors (Lipinski definition) is 0. The van der Waals surface area contributed by atoms with Crippen molar-refractivity contribution in [1.82, 2.24) is 14.4 Å². The molecule has 150 valence electrons. The van der Waals surface area contributed by atoms with Gasteiger partial charge in [-0.2, -0.15) is 0 Å². The number of benzene rings is 1. The zero-order valence-electron chi connectivity index (χ0n) is 17.4. The van der Waals surface area contributed by atoms with Crippen molar-refractivity contribution in [2.24, 2.45) is 0 Å². The van der Waals surface area contributed by atoms with Gasteiger partial charge in [0.25, 0.3) is 0 Å². The van der Waals surface area contributed by atoms with Gasteiger partial charge in [0.1, 0.15) is 17.3 Å². The summed E-state index contributed by atoms with van der Waals surface area (Å²) in [4.78, 5) is 12.2. The Labute approximate surface area is 175 Å². The quantitative estimate of drug-likeness (QED) is 0.449. The number of aryl methyl sites for hydroxylation is 2. The van der Waals surface area contributed by atoms with Crippen LogP contribution in [0.1, 0.15) is 44.9 Å². The van der Waals surface area contributed by atoms with Crippen LogP contribution in [0.15, 0.2) is 29.0 Å². The van der Waals surface area contributed by atoms with Crippen molar-refractivity contribution in [2.45, 2.75) is 47.0 Å². The lowest BCUT2D eigenvalue weighted by Gasteiger charge is -2.24. The maximum absolute atomic E-state index is 5.68. The van der Waals surface area contributed by atoms with Crippen molar-refractivity contribution >= 4 is 27.4 Å². The summed E-state index contributed by atoms with van der Waals surface area (Å²) >= 11 is 3.71. The van der Waals surface area contributed by atoms with E-state index in [4.69, 9.17) is 14.7 Å². The van der Waals surface area contributed by atoms with Gasteiger partial charge in [-0.05, 0) is 59.8 Å². The molecule has 0 spiro atoms. The number of fused-ring (bicyclic) bond motifs is 1. The molecular formula is C22H29BrN4O. The third kappa shape index (κ3) is 3.75. The van der Waals surface area contributed by atoms with E-state index in [1.807, 2.05) is 18.5 Å². The van der Waals surface area contributed by atoms with Crippen molar-refractivity contribution in [3.63, 3.8) is 0 Å². The van der Waals surface area contributed by atoms with E-state index in [0.717, 1.165) is 70.7 Å². The van der Waals surface area contributed by atoms with Gasteiger partial charge in [0.2, 0.25) is 0 Å². The fourth-order valence-electron chi connectivity index (χ4n) is 3.72. The molecule has 0 N–H and O–H groups in total. The fourth-order valence-corrected chi connectivity index (χ4v) is 4.47. The molecule has 6 heteroatoms. The first-order valence-corrected chi connectivity index (χ1v) is 10.8. The molecule has 3 rings (SSSR count). The number of methoxy groups -OCH3 is 1. The highest BCUT2D eigenvalue weighted by atomic mass is 79.9. The van der Waals surface area contributed by atoms with E-state index in [-0.39, 0.29) is 0 Å². The number of hydrogen-bond acceptors (Lipinski definition) is 4. The molecule has 0 aliphatic heterocycles. The molecule has 0 saturated heterocycles. The summed E-state index contributed by atoms with van der Waals surface area (Å²) < 4.78 is 8.84. The van der Waals surface area contributed by atoms with E-state index in [2.05, 4.69) is 59.0 Å². The average Bonchev–Trinajstić information content (AvgIpc) is 3.06. The number of anilines is 1. The van der Waals surface area contributed by atoms with Crippen LogP contribution in [0.4, 0.5) is 5.82 Å². The van der Waals surface area contributed by atoms with E-state index >= 15 is 0 Å². The minimum absolute atomic E-state index is 0.800. The normalized spacial score (nSPS) is 11.2. The van der Waals surface area contributed by atoms with Crippen LogP contribution in [0.2, 0.25) is 0 Å². The molecule has 0 fully saturated rings. The number of ether oxygens (including phenoxy) is 1. The summed E-state index contributed by atoms with van der Waals surface area (Å²) in [6.07, 6.45) is 6.96. The summed E-state index contributed by atoms with van der Waals surface area (Å²) in [7, 11) is 1.70. The average molecular weight is 445 g/mol. The SMILES string of the molecule is CCCN(CCC)c1c(CC)nc2c(-c3c(Br)cc(C)cc3OC)nccn12. The molecule has 0 atom stereocenters. The van der Waals surface area contributed by atoms with E-state index in [1.165, 1.54) is 5.82 Å². The molecule has 0 aliphatic rings. The van der Waals surface area contributed by atoms with Gasteiger partial charge >= 0.3 is 0 Å². The van der Waals surface area contributed by atoms with Crippen LogP contribution >= 0.6 is 15.9 Å². The van der Waals surface area contributed by atoms with Crippen molar-refractivity contribution in [3.05, 3.63) is 40.3 Å². The van der Waals surface area contributed by atoms with E-state index < -0.39 is 0 Å². The maximum atomic E-state index is 5.68. The molecule has 1 aromatic carbocycles. The van der Waals surface area contributed by atoms with E-state index in [0.29, 0.717) is 0 Å². The van der Waals surface area contributed by atoms with Gasteiger partial charge in [-0.15, -0.1) is 0 Å². The highest BCUT2D eigenvalue weighted by Gasteiger charge is 2.22. The summed E-state index contributed by atoms with van der Waals surface area (Å²) in [5.41, 5.74) is 4.89. The summed E-state index contributed by atoms with van der Waals surface area (Å²) in [6.45, 7) is 10.7. The Morgan fingerprint density at radius 2 is 1.86 bits per heavy atom. The second-order valence-corrected chi connectivity index (χ2v) is 7.87. The number of rotatable bonds is 8. The number of nitrogens with zero attached hydrogens (tertiary/aromatic N) is 4. The standard InChI is InChI=1S/C22H29BrN4O/c1-6-10-26(11-7-2)22-17(8-3)25-21-20(24-9-12-27(21)22)19-16(23)13-15(4)14-18(19)28-5/h9,12-14H,6-8,10-11H2,1-5H3. The molecule has 0 saturated carbocycles. The second kappa shape index (κ2) is 8.95. The van der Waals surface area contributed by atoms with Crippen LogP contribution in [0.25, 0.3) is 16.9 Å². The second-order valence-electron chi connectivity index (χ2n) is 7.02. The fraction of sp³-hybridized carbons (Fsp3) is 0.455. The third-order valence-corrected chi connectivity index (χ3v) is 5.49. The zero-order valence-corrected chi connectivity index (χ0v) is 19.0. The number of halogens is 1. The summed E-state index contributed by atoms with van der Waals surface area (Å²) in [5, 5.41) is 0. The molecule has 0 radical (unpaired) electrons. The van der Waals surface area contributed by atoms with Gasteiger partial charge < -0.3 is 9.64 Å². The first-order chi connectivity index (χ1) is 13.5. The predicted octanol–water partition coefficient (Wildman–Crippen LogP) is 5.66. The maximum Gasteiger partial charge on any atom is 0.165 e. The summed E-state index contributed by atoms with van der Waals surface area (Å²) in [6, 6.07) is 4.13. The van der Waals surface area contributed by atoms with Crippen LogP contribution in [0.3, 0.4) is 0 Å². The van der Waals surface area contributed by atoms with Crippen LogP contribution in [0.5, 0.6) is 5.75 Å². The van der Waals surface area contributed by atoms with Crippen molar-refractivity contribution < 1.29 is 4.74 Å². The molecular weight excluding hydrogens is 416 g/mol. The molecule has 3 aromatic rings. The smallest absolute Gasteiger partial charge is 0.165 e. The lowest BCUT2D eigenvalue weighted by atomic mass is 10.1. The molecule has 2 heterocycles. The Kier molecular flexibility index (Phi) is 6.60. The predicted molar refractivity (Wildman–Crippen MR) is 120 cm³/mol. The van der Waals surface area contributed by atoms with E-state index in [9.17, 15) is 0 Å². The van der Waals surface area contributed by atoms with Crippen LogP contribution < -0.4 is 9.64 Å². The Morgan fingerprint density at radius 1 is 1.14 bits per heavy atom. The van der Waals surface area contributed by atoms with Crippen molar-refractivity contribution in [1.29, 1.82) is 0 Å². The van der Waals surface area contributed by atoms with Gasteiger partial charge in [-0.25, -0.2) is 4.98 Å². The summed E-state index contributed by atoms with van der Waals surface area (Å²) in [5.74, 6) is 1.99. The largest absolute Gasteiger partial charge is 0.496 e. The Morgan fingerprint density at radius 3 is 2.46 bits per heavy atom. The molecule has 0 amide bonds.